The lowest BCUT2D eigenvalue weighted by Crippen LogP contribution is -2.24. The molecule has 0 saturated carbocycles. The second-order valence-electron chi connectivity index (χ2n) is 3.85. The Bertz CT molecular complexity index is 384. The first-order chi connectivity index (χ1) is 6.59. The van der Waals surface area contributed by atoms with Crippen molar-refractivity contribution >= 4 is 17.4 Å². The molecule has 1 aliphatic heterocycles. The molecule has 1 aromatic heterocycles. The number of imidazole rings is 1. The van der Waals surface area contributed by atoms with E-state index in [1.807, 2.05) is 6.92 Å². The van der Waals surface area contributed by atoms with Crippen molar-refractivity contribution in [2.75, 3.05) is 0 Å². The fourth-order valence-corrected chi connectivity index (χ4v) is 2.33. The molecule has 4 heteroatoms. The molecule has 1 unspecified atom stereocenters. The molecule has 0 spiro atoms. The Balaban J connectivity index is 2.34. The molecule has 0 radical (unpaired) electrons. The Morgan fingerprint density at radius 2 is 2.36 bits per heavy atom. The van der Waals surface area contributed by atoms with Crippen LogP contribution >= 0.6 is 11.6 Å². The van der Waals surface area contributed by atoms with Crippen molar-refractivity contribution in [2.45, 2.75) is 33.2 Å². The van der Waals surface area contributed by atoms with Gasteiger partial charge in [0.2, 0.25) is 0 Å². The zero-order valence-corrected chi connectivity index (χ0v) is 9.14. The summed E-state index contributed by atoms with van der Waals surface area (Å²) in [5.41, 5.74) is 1.02. The third-order valence-electron chi connectivity index (χ3n) is 2.93. The van der Waals surface area contributed by atoms with Crippen molar-refractivity contribution < 1.29 is 4.79 Å². The molecule has 2 heterocycles. The number of aryl methyl sites for hydroxylation is 1. The van der Waals surface area contributed by atoms with E-state index in [-0.39, 0.29) is 11.7 Å². The second-order valence-corrected chi connectivity index (χ2v) is 4.21. The minimum atomic E-state index is 0.135. The Labute approximate surface area is 88.1 Å². The molecule has 14 heavy (non-hydrogen) atoms. The molecule has 0 N–H and O–H groups in total. The quantitative estimate of drug-likeness (QED) is 0.714. The first-order valence-electron chi connectivity index (χ1n) is 4.81. The predicted octanol–water partition coefficient (Wildman–Crippen LogP) is 2.00. The average molecular weight is 213 g/mol. The lowest BCUT2D eigenvalue weighted by atomic mass is 9.93. The maximum Gasteiger partial charge on any atom is 0.150 e. The van der Waals surface area contributed by atoms with Crippen LogP contribution in [0.15, 0.2) is 0 Å². The van der Waals surface area contributed by atoms with Crippen LogP contribution in [0, 0.1) is 12.8 Å². The highest BCUT2D eigenvalue weighted by atomic mass is 35.5. The van der Waals surface area contributed by atoms with Gasteiger partial charge in [0.1, 0.15) is 11.6 Å². The van der Waals surface area contributed by atoms with E-state index in [9.17, 15) is 4.79 Å². The number of halogens is 1. The molecule has 0 saturated heterocycles. The van der Waals surface area contributed by atoms with Gasteiger partial charge >= 0.3 is 0 Å². The van der Waals surface area contributed by atoms with Gasteiger partial charge in [0, 0.05) is 18.9 Å². The van der Waals surface area contributed by atoms with Crippen LogP contribution in [-0.4, -0.2) is 15.3 Å². The summed E-state index contributed by atoms with van der Waals surface area (Å²) in [4.78, 5) is 15.5. The van der Waals surface area contributed by atoms with E-state index in [0.29, 0.717) is 5.15 Å². The Morgan fingerprint density at radius 1 is 1.64 bits per heavy atom. The van der Waals surface area contributed by atoms with Gasteiger partial charge in [-0.05, 0) is 20.3 Å². The number of hydrogen-bond acceptors (Lipinski definition) is 2. The van der Waals surface area contributed by atoms with Crippen LogP contribution in [0.3, 0.4) is 0 Å². The fraction of sp³-hybridized carbons (Fsp3) is 0.600. The summed E-state index contributed by atoms with van der Waals surface area (Å²) in [5, 5.41) is 0.563. The van der Waals surface area contributed by atoms with E-state index in [2.05, 4.69) is 9.55 Å². The summed E-state index contributed by atoms with van der Waals surface area (Å²) in [6, 6.07) is 0. The normalized spacial score (nSPS) is 20.6. The van der Waals surface area contributed by atoms with Crippen molar-refractivity contribution in [3.63, 3.8) is 0 Å². The summed E-state index contributed by atoms with van der Waals surface area (Å²) < 4.78 is 2.11. The van der Waals surface area contributed by atoms with E-state index in [1.54, 1.807) is 6.92 Å². The van der Waals surface area contributed by atoms with Crippen LogP contribution in [0.4, 0.5) is 0 Å². The van der Waals surface area contributed by atoms with Crippen LogP contribution in [-0.2, 0) is 17.8 Å². The van der Waals surface area contributed by atoms with E-state index in [4.69, 9.17) is 11.6 Å². The molecule has 3 nitrogen and oxygen atoms in total. The third-order valence-corrected chi connectivity index (χ3v) is 3.23. The van der Waals surface area contributed by atoms with Gasteiger partial charge in [0.05, 0.1) is 5.69 Å². The molecule has 0 bridgehead atoms. The summed E-state index contributed by atoms with van der Waals surface area (Å²) in [7, 11) is 0. The van der Waals surface area contributed by atoms with Crippen molar-refractivity contribution in [1.82, 2.24) is 9.55 Å². The van der Waals surface area contributed by atoms with Gasteiger partial charge in [0.15, 0.2) is 5.15 Å². The van der Waals surface area contributed by atoms with Crippen molar-refractivity contribution in [3.05, 3.63) is 16.7 Å². The lowest BCUT2D eigenvalue weighted by molar-refractivity contribution is -0.121. The number of carbonyl (C=O) groups excluding carboxylic acids is 1. The standard InChI is InChI=1S/C10H13ClN2O/c1-6(14)8-3-4-13-7(2)12-10(11)9(13)5-8/h8H,3-5H2,1-2H3. The fourth-order valence-electron chi connectivity index (χ4n) is 2.03. The Hall–Kier alpha value is -0.830. The monoisotopic (exact) mass is 212 g/mol. The number of fused-ring (bicyclic) bond motifs is 1. The lowest BCUT2D eigenvalue weighted by Gasteiger charge is -2.22. The first kappa shape index (κ1) is 9.71. The molecular formula is C10H13ClN2O. The molecule has 0 amide bonds. The van der Waals surface area contributed by atoms with E-state index in [0.717, 1.165) is 30.9 Å². The van der Waals surface area contributed by atoms with Gasteiger partial charge in [-0.3, -0.25) is 4.79 Å². The Kier molecular flexibility index (Phi) is 2.35. The maximum absolute atomic E-state index is 11.3. The van der Waals surface area contributed by atoms with Crippen LogP contribution in [0.5, 0.6) is 0 Å². The van der Waals surface area contributed by atoms with Crippen molar-refractivity contribution in [1.29, 1.82) is 0 Å². The van der Waals surface area contributed by atoms with Crippen LogP contribution in [0.2, 0.25) is 5.15 Å². The number of rotatable bonds is 1. The maximum atomic E-state index is 11.3. The van der Waals surface area contributed by atoms with Gasteiger partial charge in [0.25, 0.3) is 0 Å². The Morgan fingerprint density at radius 3 is 3.00 bits per heavy atom. The van der Waals surface area contributed by atoms with E-state index in [1.165, 1.54) is 0 Å². The summed E-state index contributed by atoms with van der Waals surface area (Å²) >= 11 is 5.99. The minimum absolute atomic E-state index is 0.135. The highest BCUT2D eigenvalue weighted by Crippen LogP contribution is 2.27. The van der Waals surface area contributed by atoms with E-state index >= 15 is 0 Å². The average Bonchev–Trinajstić information content (AvgIpc) is 2.42. The summed E-state index contributed by atoms with van der Waals surface area (Å²) in [6.07, 6.45) is 1.66. The van der Waals surface area contributed by atoms with Crippen LogP contribution in [0.25, 0.3) is 0 Å². The van der Waals surface area contributed by atoms with E-state index < -0.39 is 0 Å². The van der Waals surface area contributed by atoms with Crippen LogP contribution in [0.1, 0.15) is 24.9 Å². The molecule has 0 aromatic carbocycles. The molecule has 76 valence electrons. The molecule has 1 aromatic rings. The zero-order chi connectivity index (χ0) is 10.3. The second kappa shape index (κ2) is 3.39. The number of nitrogens with zero attached hydrogens (tertiary/aromatic N) is 2. The van der Waals surface area contributed by atoms with Gasteiger partial charge in [-0.15, -0.1) is 0 Å². The first-order valence-corrected chi connectivity index (χ1v) is 5.19. The predicted molar refractivity (Wildman–Crippen MR) is 54.5 cm³/mol. The molecule has 2 rings (SSSR count). The van der Waals surface area contributed by atoms with Gasteiger partial charge in [-0.2, -0.15) is 0 Å². The topological polar surface area (TPSA) is 34.9 Å². The molecule has 0 aliphatic carbocycles. The zero-order valence-electron chi connectivity index (χ0n) is 8.38. The minimum Gasteiger partial charge on any atom is -0.331 e. The number of ketones is 1. The summed E-state index contributed by atoms with van der Waals surface area (Å²) in [6.45, 7) is 4.46. The largest absolute Gasteiger partial charge is 0.331 e. The smallest absolute Gasteiger partial charge is 0.150 e. The van der Waals surface area contributed by atoms with Crippen molar-refractivity contribution in [2.24, 2.45) is 5.92 Å². The highest BCUT2D eigenvalue weighted by Gasteiger charge is 2.25. The molecular weight excluding hydrogens is 200 g/mol. The highest BCUT2D eigenvalue weighted by molar-refractivity contribution is 6.30. The van der Waals surface area contributed by atoms with Gasteiger partial charge in [-0.1, -0.05) is 11.6 Å². The number of hydrogen-bond donors (Lipinski definition) is 0. The van der Waals surface area contributed by atoms with Crippen LogP contribution < -0.4 is 0 Å². The number of carbonyl (C=O) groups is 1. The van der Waals surface area contributed by atoms with Gasteiger partial charge < -0.3 is 4.57 Å². The summed E-state index contributed by atoms with van der Waals surface area (Å²) in [5.74, 6) is 1.34. The van der Waals surface area contributed by atoms with Gasteiger partial charge in [-0.25, -0.2) is 4.98 Å². The number of aromatic nitrogens is 2. The SMILES string of the molecule is CC(=O)C1CCn2c(C)nc(Cl)c2C1. The number of Topliss-reactive ketones (excluding diaryl/α,β-unsaturated/α-hetero) is 1. The molecule has 0 fully saturated rings. The molecule has 1 aliphatic rings. The van der Waals surface area contributed by atoms with Crippen molar-refractivity contribution in [3.8, 4) is 0 Å². The molecule has 1 atom stereocenters. The third kappa shape index (κ3) is 1.46.